The molecule has 0 radical (unpaired) electrons. The zero-order valence-corrected chi connectivity index (χ0v) is 13.5. The van der Waals surface area contributed by atoms with E-state index in [0.29, 0.717) is 6.42 Å². The van der Waals surface area contributed by atoms with E-state index in [1.54, 1.807) is 0 Å². The molecule has 1 amide bonds. The van der Waals surface area contributed by atoms with E-state index in [2.05, 4.69) is 29.8 Å². The van der Waals surface area contributed by atoms with Gasteiger partial charge in [-0.2, -0.15) is 0 Å². The van der Waals surface area contributed by atoms with Gasteiger partial charge in [0.25, 0.3) is 0 Å². The average molecular weight is 327 g/mol. The van der Waals surface area contributed by atoms with Crippen LogP contribution in [0.3, 0.4) is 0 Å². The number of rotatable bonds is 6. The van der Waals surface area contributed by atoms with Crippen LogP contribution in [0.2, 0.25) is 0 Å². The predicted octanol–water partition coefficient (Wildman–Crippen LogP) is 3.49. The summed E-state index contributed by atoms with van der Waals surface area (Å²) in [5.41, 5.74) is 7.02. The number of nitrogens with two attached hydrogens (primary N) is 1. The summed E-state index contributed by atoms with van der Waals surface area (Å²) in [5, 5.41) is 0. The number of benzene rings is 1. The van der Waals surface area contributed by atoms with Crippen LogP contribution in [0.1, 0.15) is 45.2 Å². The number of carbonyl (C=O) groups is 1. The summed E-state index contributed by atoms with van der Waals surface area (Å²) in [6.07, 6.45) is 1.60. The maximum Gasteiger partial charge on any atom is 0.239 e. The second-order valence-electron chi connectivity index (χ2n) is 4.74. The first-order valence-corrected chi connectivity index (χ1v) is 7.62. The Kier molecular flexibility index (Phi) is 6.52. The first kappa shape index (κ1) is 16.2. The van der Waals surface area contributed by atoms with Crippen molar-refractivity contribution < 1.29 is 4.79 Å². The molecule has 0 aliphatic carbocycles. The molecular weight excluding hydrogens is 304 g/mol. The standard InChI is InChI=1S/C15H23BrN2O/c1-4-10-18(15(19)14(17)5-2)11(3)12-8-6-7-9-13(12)16/h6-9,11,14H,4-5,10,17H2,1-3H3. The summed E-state index contributed by atoms with van der Waals surface area (Å²) >= 11 is 3.55. The van der Waals surface area contributed by atoms with Gasteiger partial charge in [0.1, 0.15) is 0 Å². The van der Waals surface area contributed by atoms with E-state index in [1.165, 1.54) is 0 Å². The van der Waals surface area contributed by atoms with E-state index >= 15 is 0 Å². The second kappa shape index (κ2) is 7.65. The van der Waals surface area contributed by atoms with Crippen molar-refractivity contribution in [1.29, 1.82) is 0 Å². The predicted molar refractivity (Wildman–Crippen MR) is 82.8 cm³/mol. The normalized spacial score (nSPS) is 13.9. The van der Waals surface area contributed by atoms with E-state index in [9.17, 15) is 4.79 Å². The van der Waals surface area contributed by atoms with Crippen LogP contribution in [0.5, 0.6) is 0 Å². The Morgan fingerprint density at radius 2 is 2.00 bits per heavy atom. The molecule has 19 heavy (non-hydrogen) atoms. The van der Waals surface area contributed by atoms with E-state index < -0.39 is 6.04 Å². The van der Waals surface area contributed by atoms with Crippen LogP contribution in [-0.4, -0.2) is 23.4 Å². The molecule has 0 aromatic heterocycles. The van der Waals surface area contributed by atoms with Crippen molar-refractivity contribution in [2.75, 3.05) is 6.54 Å². The Bertz CT molecular complexity index is 422. The SMILES string of the molecule is CCCN(C(=O)C(N)CC)C(C)c1ccccc1Br. The Morgan fingerprint density at radius 1 is 1.37 bits per heavy atom. The van der Waals surface area contributed by atoms with Gasteiger partial charge in [-0.3, -0.25) is 4.79 Å². The molecule has 0 heterocycles. The van der Waals surface area contributed by atoms with Gasteiger partial charge in [-0.15, -0.1) is 0 Å². The van der Waals surface area contributed by atoms with Crippen molar-refractivity contribution in [1.82, 2.24) is 4.90 Å². The molecule has 1 aromatic carbocycles. The van der Waals surface area contributed by atoms with Gasteiger partial charge in [-0.05, 0) is 31.4 Å². The number of nitrogens with zero attached hydrogens (tertiary/aromatic N) is 1. The molecule has 0 saturated heterocycles. The molecule has 0 bridgehead atoms. The van der Waals surface area contributed by atoms with Crippen molar-refractivity contribution >= 4 is 21.8 Å². The summed E-state index contributed by atoms with van der Waals surface area (Å²) in [6, 6.07) is 7.63. The van der Waals surface area contributed by atoms with Gasteiger partial charge in [0.05, 0.1) is 12.1 Å². The number of carbonyl (C=O) groups excluding carboxylic acids is 1. The van der Waals surface area contributed by atoms with E-state index in [-0.39, 0.29) is 11.9 Å². The van der Waals surface area contributed by atoms with Crippen molar-refractivity contribution in [3.05, 3.63) is 34.3 Å². The maximum atomic E-state index is 12.4. The lowest BCUT2D eigenvalue weighted by Crippen LogP contribution is -2.45. The average Bonchev–Trinajstić information content (AvgIpc) is 2.43. The fourth-order valence-electron chi connectivity index (χ4n) is 2.11. The molecule has 1 aromatic rings. The van der Waals surface area contributed by atoms with E-state index in [4.69, 9.17) is 5.73 Å². The summed E-state index contributed by atoms with van der Waals surface area (Å²) in [5.74, 6) is 0.0348. The van der Waals surface area contributed by atoms with Crippen molar-refractivity contribution in [3.63, 3.8) is 0 Å². The molecule has 0 spiro atoms. The third-order valence-corrected chi connectivity index (χ3v) is 4.05. The van der Waals surface area contributed by atoms with Crippen molar-refractivity contribution in [2.24, 2.45) is 5.73 Å². The first-order valence-electron chi connectivity index (χ1n) is 6.83. The number of amides is 1. The lowest BCUT2D eigenvalue weighted by molar-refractivity contribution is -0.134. The van der Waals surface area contributed by atoms with Gasteiger partial charge >= 0.3 is 0 Å². The lowest BCUT2D eigenvalue weighted by Gasteiger charge is -2.32. The molecule has 2 atom stereocenters. The molecule has 106 valence electrons. The van der Waals surface area contributed by atoms with Gasteiger partial charge in [-0.1, -0.05) is 48.0 Å². The molecule has 3 nitrogen and oxygen atoms in total. The monoisotopic (exact) mass is 326 g/mol. The van der Waals surface area contributed by atoms with Crippen LogP contribution in [0.25, 0.3) is 0 Å². The van der Waals surface area contributed by atoms with Gasteiger partial charge in [-0.25, -0.2) is 0 Å². The number of halogens is 1. The molecule has 0 aliphatic heterocycles. The Balaban J connectivity index is 2.99. The molecular formula is C15H23BrN2O. The number of hydrogen-bond donors (Lipinski definition) is 1. The second-order valence-corrected chi connectivity index (χ2v) is 5.60. The highest BCUT2D eigenvalue weighted by atomic mass is 79.9. The molecule has 4 heteroatoms. The van der Waals surface area contributed by atoms with Crippen LogP contribution in [0.4, 0.5) is 0 Å². The minimum Gasteiger partial charge on any atom is -0.335 e. The Labute approximate surface area is 124 Å². The molecule has 2 unspecified atom stereocenters. The quantitative estimate of drug-likeness (QED) is 0.869. The van der Waals surface area contributed by atoms with Crippen LogP contribution in [0.15, 0.2) is 28.7 Å². The zero-order valence-electron chi connectivity index (χ0n) is 11.9. The van der Waals surface area contributed by atoms with Gasteiger partial charge in [0.15, 0.2) is 0 Å². The third kappa shape index (κ3) is 4.05. The maximum absolute atomic E-state index is 12.4. The summed E-state index contributed by atoms with van der Waals surface area (Å²) < 4.78 is 1.03. The van der Waals surface area contributed by atoms with Crippen LogP contribution in [0, 0.1) is 0 Å². The fourth-order valence-corrected chi connectivity index (χ4v) is 2.72. The molecule has 2 N–H and O–H groups in total. The third-order valence-electron chi connectivity index (χ3n) is 3.33. The summed E-state index contributed by atoms with van der Waals surface area (Å²) in [7, 11) is 0. The topological polar surface area (TPSA) is 46.3 Å². The summed E-state index contributed by atoms with van der Waals surface area (Å²) in [4.78, 5) is 14.3. The van der Waals surface area contributed by atoms with Gasteiger partial charge in [0.2, 0.25) is 5.91 Å². The van der Waals surface area contributed by atoms with Crippen LogP contribution in [-0.2, 0) is 4.79 Å². The Hall–Kier alpha value is -0.870. The van der Waals surface area contributed by atoms with Crippen LogP contribution >= 0.6 is 15.9 Å². The molecule has 0 fully saturated rings. The molecule has 1 rings (SSSR count). The highest BCUT2D eigenvalue weighted by Crippen LogP contribution is 2.28. The highest BCUT2D eigenvalue weighted by Gasteiger charge is 2.25. The largest absolute Gasteiger partial charge is 0.335 e. The fraction of sp³-hybridized carbons (Fsp3) is 0.533. The van der Waals surface area contributed by atoms with E-state index in [1.807, 2.05) is 36.1 Å². The van der Waals surface area contributed by atoms with Gasteiger partial charge < -0.3 is 10.6 Å². The smallest absolute Gasteiger partial charge is 0.239 e. The van der Waals surface area contributed by atoms with Crippen molar-refractivity contribution in [2.45, 2.75) is 45.7 Å². The number of hydrogen-bond acceptors (Lipinski definition) is 2. The van der Waals surface area contributed by atoms with E-state index in [0.717, 1.165) is 23.0 Å². The first-order chi connectivity index (χ1) is 9.02. The lowest BCUT2D eigenvalue weighted by atomic mass is 10.0. The molecule has 0 aliphatic rings. The highest BCUT2D eigenvalue weighted by molar-refractivity contribution is 9.10. The van der Waals surface area contributed by atoms with Crippen LogP contribution < -0.4 is 5.73 Å². The molecule has 0 saturated carbocycles. The minimum atomic E-state index is -0.406. The zero-order chi connectivity index (χ0) is 14.4. The summed E-state index contributed by atoms with van der Waals surface area (Å²) in [6.45, 7) is 6.80. The Morgan fingerprint density at radius 3 is 2.53 bits per heavy atom. The minimum absolute atomic E-state index is 0.0284. The van der Waals surface area contributed by atoms with Gasteiger partial charge in [0, 0.05) is 11.0 Å². The van der Waals surface area contributed by atoms with Crippen molar-refractivity contribution in [3.8, 4) is 0 Å².